The van der Waals surface area contributed by atoms with Crippen LogP contribution in [-0.2, 0) is 12.3 Å². The number of halogens is 1. The SMILES string of the molecule is CC(C)(C)NCc1ccc(SCc2ccccc2Cl)cc1. The van der Waals surface area contributed by atoms with Gasteiger partial charge in [0, 0.05) is 27.8 Å². The van der Waals surface area contributed by atoms with Crippen LogP contribution in [0.25, 0.3) is 0 Å². The van der Waals surface area contributed by atoms with Crippen molar-refractivity contribution in [3.05, 3.63) is 64.7 Å². The first-order valence-electron chi connectivity index (χ1n) is 7.14. The lowest BCUT2D eigenvalue weighted by Gasteiger charge is -2.20. The molecule has 0 amide bonds. The van der Waals surface area contributed by atoms with Crippen LogP contribution in [-0.4, -0.2) is 5.54 Å². The molecule has 0 saturated carbocycles. The predicted molar refractivity (Wildman–Crippen MR) is 94.0 cm³/mol. The molecule has 1 N–H and O–H groups in total. The minimum Gasteiger partial charge on any atom is -0.308 e. The highest BCUT2D eigenvalue weighted by molar-refractivity contribution is 7.98. The van der Waals surface area contributed by atoms with E-state index in [1.54, 1.807) is 0 Å². The van der Waals surface area contributed by atoms with Gasteiger partial charge >= 0.3 is 0 Å². The highest BCUT2D eigenvalue weighted by Gasteiger charge is 2.08. The zero-order valence-corrected chi connectivity index (χ0v) is 14.4. The first-order chi connectivity index (χ1) is 9.94. The van der Waals surface area contributed by atoms with Crippen LogP contribution in [0, 0.1) is 0 Å². The molecule has 2 aromatic rings. The molecule has 0 spiro atoms. The lowest BCUT2D eigenvalue weighted by Crippen LogP contribution is -2.35. The molecule has 0 bridgehead atoms. The van der Waals surface area contributed by atoms with E-state index >= 15 is 0 Å². The number of benzene rings is 2. The molecule has 0 fully saturated rings. The first-order valence-corrected chi connectivity index (χ1v) is 8.50. The molecular weight excluding hydrogens is 298 g/mol. The maximum Gasteiger partial charge on any atom is 0.0446 e. The van der Waals surface area contributed by atoms with Gasteiger partial charge in [0.1, 0.15) is 0 Å². The zero-order valence-electron chi connectivity index (χ0n) is 12.8. The van der Waals surface area contributed by atoms with Gasteiger partial charge < -0.3 is 5.32 Å². The maximum atomic E-state index is 6.18. The summed E-state index contributed by atoms with van der Waals surface area (Å²) < 4.78 is 0. The molecule has 0 saturated heterocycles. The molecule has 112 valence electrons. The van der Waals surface area contributed by atoms with Gasteiger partial charge in [-0.1, -0.05) is 41.9 Å². The Balaban J connectivity index is 1.89. The number of hydrogen-bond acceptors (Lipinski definition) is 2. The summed E-state index contributed by atoms with van der Waals surface area (Å²) in [6.45, 7) is 7.45. The molecular formula is C18H22ClNS. The maximum absolute atomic E-state index is 6.18. The fourth-order valence-corrected chi connectivity index (χ4v) is 3.03. The molecule has 21 heavy (non-hydrogen) atoms. The lowest BCUT2D eigenvalue weighted by atomic mass is 10.1. The van der Waals surface area contributed by atoms with Crippen molar-refractivity contribution in [3.8, 4) is 0 Å². The van der Waals surface area contributed by atoms with Crippen LogP contribution < -0.4 is 5.32 Å². The molecule has 2 rings (SSSR count). The normalized spacial score (nSPS) is 11.6. The van der Waals surface area contributed by atoms with Gasteiger partial charge in [0.2, 0.25) is 0 Å². The Morgan fingerprint density at radius 1 is 1.00 bits per heavy atom. The van der Waals surface area contributed by atoms with Gasteiger partial charge in [0.15, 0.2) is 0 Å². The molecule has 2 aromatic carbocycles. The van der Waals surface area contributed by atoms with Crippen molar-refractivity contribution in [1.29, 1.82) is 0 Å². The van der Waals surface area contributed by atoms with Crippen LogP contribution in [0.2, 0.25) is 5.02 Å². The van der Waals surface area contributed by atoms with E-state index in [-0.39, 0.29) is 5.54 Å². The second-order valence-corrected chi connectivity index (χ2v) is 7.58. The van der Waals surface area contributed by atoms with E-state index in [9.17, 15) is 0 Å². The first kappa shape index (κ1) is 16.4. The van der Waals surface area contributed by atoms with Crippen molar-refractivity contribution in [2.45, 2.75) is 43.5 Å². The van der Waals surface area contributed by atoms with Crippen molar-refractivity contribution < 1.29 is 0 Å². The Hall–Kier alpha value is -0.960. The Kier molecular flexibility index (Phi) is 5.74. The topological polar surface area (TPSA) is 12.0 Å². The van der Waals surface area contributed by atoms with E-state index < -0.39 is 0 Å². The van der Waals surface area contributed by atoms with Crippen LogP contribution in [0.4, 0.5) is 0 Å². The highest BCUT2D eigenvalue weighted by Crippen LogP contribution is 2.26. The van der Waals surface area contributed by atoms with Gasteiger partial charge in [-0.15, -0.1) is 11.8 Å². The summed E-state index contributed by atoms with van der Waals surface area (Å²) in [6, 6.07) is 16.8. The van der Waals surface area contributed by atoms with Gasteiger partial charge in [-0.05, 0) is 50.1 Å². The summed E-state index contributed by atoms with van der Waals surface area (Å²) in [5.74, 6) is 0.902. The minimum absolute atomic E-state index is 0.150. The Morgan fingerprint density at radius 2 is 1.67 bits per heavy atom. The van der Waals surface area contributed by atoms with E-state index in [0.29, 0.717) is 0 Å². The third kappa shape index (κ3) is 5.74. The Labute approximate surface area is 137 Å². The average molecular weight is 320 g/mol. The minimum atomic E-state index is 0.150. The number of nitrogens with one attached hydrogen (secondary N) is 1. The smallest absolute Gasteiger partial charge is 0.0446 e. The molecule has 3 heteroatoms. The average Bonchev–Trinajstić information content (AvgIpc) is 2.45. The zero-order chi connectivity index (χ0) is 15.3. The van der Waals surface area contributed by atoms with Gasteiger partial charge in [-0.25, -0.2) is 0 Å². The molecule has 0 aromatic heterocycles. The van der Waals surface area contributed by atoms with Gasteiger partial charge in [0.05, 0.1) is 0 Å². The third-order valence-electron chi connectivity index (χ3n) is 3.10. The van der Waals surface area contributed by atoms with Crippen LogP contribution in [0.1, 0.15) is 31.9 Å². The molecule has 0 atom stereocenters. The summed E-state index contributed by atoms with van der Waals surface area (Å²) in [5, 5.41) is 4.34. The fourth-order valence-electron chi connectivity index (χ4n) is 1.85. The van der Waals surface area contributed by atoms with E-state index in [1.165, 1.54) is 16.0 Å². The Bertz CT molecular complexity index is 573. The summed E-state index contributed by atoms with van der Waals surface area (Å²) in [4.78, 5) is 1.27. The number of thioether (sulfide) groups is 1. The fraction of sp³-hybridized carbons (Fsp3) is 0.333. The lowest BCUT2D eigenvalue weighted by molar-refractivity contribution is 0.424. The van der Waals surface area contributed by atoms with E-state index in [1.807, 2.05) is 30.0 Å². The largest absolute Gasteiger partial charge is 0.308 e. The summed E-state index contributed by atoms with van der Waals surface area (Å²) in [6.07, 6.45) is 0. The van der Waals surface area contributed by atoms with Gasteiger partial charge in [-0.2, -0.15) is 0 Å². The Morgan fingerprint density at radius 3 is 2.29 bits per heavy atom. The van der Waals surface area contributed by atoms with Crippen molar-refractivity contribution in [3.63, 3.8) is 0 Å². The third-order valence-corrected chi connectivity index (χ3v) is 4.53. The predicted octanol–water partition coefficient (Wildman–Crippen LogP) is 5.52. The van der Waals surface area contributed by atoms with Crippen LogP contribution in [0.5, 0.6) is 0 Å². The van der Waals surface area contributed by atoms with Crippen molar-refractivity contribution in [2.75, 3.05) is 0 Å². The summed E-state index contributed by atoms with van der Waals surface area (Å²) >= 11 is 7.99. The number of hydrogen-bond donors (Lipinski definition) is 1. The second-order valence-electron chi connectivity index (χ2n) is 6.13. The molecule has 0 aliphatic carbocycles. The summed E-state index contributed by atoms with van der Waals surface area (Å²) in [5.41, 5.74) is 2.65. The van der Waals surface area contributed by atoms with Crippen molar-refractivity contribution in [2.24, 2.45) is 0 Å². The molecule has 0 unspecified atom stereocenters. The molecule has 1 nitrogen and oxygen atoms in total. The monoisotopic (exact) mass is 319 g/mol. The second kappa shape index (κ2) is 7.35. The molecule has 0 radical (unpaired) electrons. The van der Waals surface area contributed by atoms with Crippen LogP contribution in [0.15, 0.2) is 53.4 Å². The molecule has 0 heterocycles. The van der Waals surface area contributed by atoms with E-state index in [0.717, 1.165) is 17.3 Å². The quantitative estimate of drug-likeness (QED) is 0.728. The molecule has 0 aliphatic heterocycles. The van der Waals surface area contributed by atoms with Crippen molar-refractivity contribution >= 4 is 23.4 Å². The summed E-state index contributed by atoms with van der Waals surface area (Å²) in [7, 11) is 0. The van der Waals surface area contributed by atoms with E-state index in [2.05, 4.69) is 56.4 Å². The molecule has 0 aliphatic rings. The van der Waals surface area contributed by atoms with E-state index in [4.69, 9.17) is 11.6 Å². The highest BCUT2D eigenvalue weighted by atomic mass is 35.5. The van der Waals surface area contributed by atoms with Crippen molar-refractivity contribution in [1.82, 2.24) is 5.32 Å². The van der Waals surface area contributed by atoms with Crippen LogP contribution in [0.3, 0.4) is 0 Å². The number of rotatable bonds is 5. The van der Waals surface area contributed by atoms with Gasteiger partial charge in [0.25, 0.3) is 0 Å². The standard InChI is InChI=1S/C18H22ClNS/c1-18(2,3)20-12-14-8-10-16(11-9-14)21-13-15-6-4-5-7-17(15)19/h4-11,20H,12-13H2,1-3H3. The van der Waals surface area contributed by atoms with Gasteiger partial charge in [-0.3, -0.25) is 0 Å². The van der Waals surface area contributed by atoms with Crippen LogP contribution >= 0.6 is 23.4 Å².